The van der Waals surface area contributed by atoms with Crippen molar-refractivity contribution in [2.45, 2.75) is 32.2 Å². The van der Waals surface area contributed by atoms with E-state index >= 15 is 0 Å². The van der Waals surface area contributed by atoms with Gasteiger partial charge in [-0.25, -0.2) is 0 Å². The van der Waals surface area contributed by atoms with E-state index < -0.39 is 0 Å². The number of carbonyl (C=O) groups excluding carboxylic acids is 1. The van der Waals surface area contributed by atoms with Crippen LogP contribution < -0.4 is 10.5 Å². The molecular formula is C22H28N2O2. The Hall–Kier alpha value is -2.33. The lowest BCUT2D eigenvalue weighted by molar-refractivity contribution is -0.134. The third-order valence-electron chi connectivity index (χ3n) is 5.20. The van der Waals surface area contributed by atoms with Gasteiger partial charge in [0.2, 0.25) is 0 Å². The molecular weight excluding hydrogens is 324 g/mol. The minimum absolute atomic E-state index is 0.0580. The average Bonchev–Trinajstić information content (AvgIpc) is 2.68. The van der Waals surface area contributed by atoms with Gasteiger partial charge in [-0.15, -0.1) is 0 Å². The molecule has 1 amide bonds. The van der Waals surface area contributed by atoms with Gasteiger partial charge in [0, 0.05) is 25.6 Å². The van der Waals surface area contributed by atoms with E-state index in [9.17, 15) is 4.79 Å². The molecule has 4 heteroatoms. The Balaban J connectivity index is 1.56. The zero-order chi connectivity index (χ0) is 18.4. The highest BCUT2D eigenvalue weighted by atomic mass is 16.5. The van der Waals surface area contributed by atoms with Crippen LogP contribution in [0.15, 0.2) is 54.6 Å². The molecule has 0 radical (unpaired) electrons. The number of hydrogen-bond acceptors (Lipinski definition) is 3. The first kappa shape index (κ1) is 18.5. The Morgan fingerprint density at radius 3 is 2.46 bits per heavy atom. The van der Waals surface area contributed by atoms with Crippen LogP contribution in [0.4, 0.5) is 0 Å². The summed E-state index contributed by atoms with van der Waals surface area (Å²) in [7, 11) is 0. The summed E-state index contributed by atoms with van der Waals surface area (Å²) in [6.07, 6.45) is 2.76. The lowest BCUT2D eigenvalue weighted by Crippen LogP contribution is -2.44. The fourth-order valence-corrected chi connectivity index (χ4v) is 3.51. The number of likely N-dealkylation sites (tertiary alicyclic amines) is 1. The van der Waals surface area contributed by atoms with E-state index in [4.69, 9.17) is 10.5 Å². The molecule has 0 aliphatic carbocycles. The smallest absolute Gasteiger partial charge is 0.260 e. The number of piperidine rings is 1. The second-order valence-electron chi connectivity index (χ2n) is 7.14. The Morgan fingerprint density at radius 2 is 1.77 bits per heavy atom. The van der Waals surface area contributed by atoms with Crippen LogP contribution >= 0.6 is 0 Å². The lowest BCUT2D eigenvalue weighted by atomic mass is 9.91. The average molecular weight is 352 g/mol. The van der Waals surface area contributed by atoms with Crippen LogP contribution in [0.3, 0.4) is 0 Å². The molecule has 1 saturated heterocycles. The summed E-state index contributed by atoms with van der Waals surface area (Å²) < 4.78 is 5.88. The van der Waals surface area contributed by atoms with Gasteiger partial charge in [0.1, 0.15) is 5.75 Å². The number of para-hydroxylation sites is 1. The Morgan fingerprint density at radius 1 is 1.12 bits per heavy atom. The van der Waals surface area contributed by atoms with Crippen molar-refractivity contribution in [2.75, 3.05) is 19.7 Å². The van der Waals surface area contributed by atoms with Crippen molar-refractivity contribution in [3.8, 4) is 5.75 Å². The molecule has 26 heavy (non-hydrogen) atoms. The van der Waals surface area contributed by atoms with E-state index in [2.05, 4.69) is 25.1 Å². The molecule has 0 saturated carbocycles. The van der Waals surface area contributed by atoms with Crippen molar-refractivity contribution in [2.24, 2.45) is 11.7 Å². The number of carbonyl (C=O) groups is 1. The van der Waals surface area contributed by atoms with Crippen LogP contribution in [0.2, 0.25) is 0 Å². The van der Waals surface area contributed by atoms with Crippen LogP contribution in [0.1, 0.15) is 30.9 Å². The Bertz CT molecular complexity index is 707. The monoisotopic (exact) mass is 352 g/mol. The second-order valence-corrected chi connectivity index (χ2v) is 7.14. The maximum atomic E-state index is 12.5. The summed E-state index contributed by atoms with van der Waals surface area (Å²) >= 11 is 0. The van der Waals surface area contributed by atoms with Gasteiger partial charge in [0.15, 0.2) is 6.61 Å². The van der Waals surface area contributed by atoms with Crippen LogP contribution in [0, 0.1) is 5.92 Å². The van der Waals surface area contributed by atoms with Crippen molar-refractivity contribution in [1.82, 2.24) is 4.90 Å². The largest absolute Gasteiger partial charge is 0.483 e. The van der Waals surface area contributed by atoms with E-state index in [0.29, 0.717) is 5.92 Å². The molecule has 0 spiro atoms. The standard InChI is InChI=1S/C22H28N2O2/c1-17(23)19-11-13-24(14-12-19)22(25)16-26-21-10-6-5-9-20(21)15-18-7-3-2-4-8-18/h2-10,17,19H,11-16,23H2,1H3. The molecule has 138 valence electrons. The van der Waals surface area contributed by atoms with Gasteiger partial charge in [-0.3, -0.25) is 4.79 Å². The lowest BCUT2D eigenvalue weighted by Gasteiger charge is -2.33. The maximum absolute atomic E-state index is 12.5. The predicted octanol–water partition coefficient (Wildman–Crippen LogP) is 3.24. The zero-order valence-corrected chi connectivity index (χ0v) is 15.4. The molecule has 0 aromatic heterocycles. The minimum Gasteiger partial charge on any atom is -0.483 e. The highest BCUT2D eigenvalue weighted by Crippen LogP contribution is 2.23. The molecule has 1 atom stereocenters. The number of nitrogens with two attached hydrogens (primary N) is 1. The zero-order valence-electron chi connectivity index (χ0n) is 15.4. The molecule has 4 nitrogen and oxygen atoms in total. The Labute approximate surface area is 156 Å². The van der Waals surface area contributed by atoms with E-state index in [1.807, 2.05) is 41.3 Å². The number of amides is 1. The number of nitrogens with zero attached hydrogens (tertiary/aromatic N) is 1. The van der Waals surface area contributed by atoms with Crippen LogP contribution in [0.5, 0.6) is 5.75 Å². The van der Waals surface area contributed by atoms with E-state index in [1.54, 1.807) is 0 Å². The van der Waals surface area contributed by atoms with Gasteiger partial charge in [-0.05, 0) is 42.9 Å². The number of rotatable bonds is 6. The fourth-order valence-electron chi connectivity index (χ4n) is 3.51. The second kappa shape index (κ2) is 8.86. The van der Waals surface area contributed by atoms with Crippen molar-refractivity contribution >= 4 is 5.91 Å². The molecule has 1 aliphatic rings. The van der Waals surface area contributed by atoms with Crippen molar-refractivity contribution in [1.29, 1.82) is 0 Å². The molecule has 2 N–H and O–H groups in total. The summed E-state index contributed by atoms with van der Waals surface area (Å²) in [5.74, 6) is 1.37. The van der Waals surface area contributed by atoms with Gasteiger partial charge >= 0.3 is 0 Å². The van der Waals surface area contributed by atoms with Crippen LogP contribution in [0.25, 0.3) is 0 Å². The maximum Gasteiger partial charge on any atom is 0.260 e. The van der Waals surface area contributed by atoms with Gasteiger partial charge < -0.3 is 15.4 Å². The van der Waals surface area contributed by atoms with E-state index in [0.717, 1.165) is 43.7 Å². The van der Waals surface area contributed by atoms with Crippen molar-refractivity contribution < 1.29 is 9.53 Å². The van der Waals surface area contributed by atoms with Gasteiger partial charge in [-0.1, -0.05) is 48.5 Å². The first-order valence-corrected chi connectivity index (χ1v) is 9.41. The molecule has 1 aliphatic heterocycles. The molecule has 0 bridgehead atoms. The van der Waals surface area contributed by atoms with Gasteiger partial charge in [0.05, 0.1) is 0 Å². The summed E-state index contributed by atoms with van der Waals surface area (Å²) in [5, 5.41) is 0. The Kier molecular flexibility index (Phi) is 6.29. The molecule has 1 fully saturated rings. The first-order chi connectivity index (χ1) is 12.6. The molecule has 2 aromatic rings. The molecule has 1 heterocycles. The molecule has 3 rings (SSSR count). The van der Waals surface area contributed by atoms with Crippen LogP contribution in [-0.2, 0) is 11.2 Å². The number of ether oxygens (including phenoxy) is 1. The summed E-state index contributed by atoms with van der Waals surface area (Å²) in [6, 6.07) is 18.4. The number of benzene rings is 2. The van der Waals surface area contributed by atoms with E-state index in [-0.39, 0.29) is 18.6 Å². The quantitative estimate of drug-likeness (QED) is 0.868. The first-order valence-electron chi connectivity index (χ1n) is 9.41. The highest BCUT2D eigenvalue weighted by molar-refractivity contribution is 5.77. The topological polar surface area (TPSA) is 55.6 Å². The number of hydrogen-bond donors (Lipinski definition) is 1. The third-order valence-corrected chi connectivity index (χ3v) is 5.20. The summed E-state index contributed by atoms with van der Waals surface area (Å²) in [5.41, 5.74) is 8.30. The minimum atomic E-state index is 0.0580. The fraction of sp³-hybridized carbons (Fsp3) is 0.409. The SMILES string of the molecule is CC(N)C1CCN(C(=O)COc2ccccc2Cc2ccccc2)CC1. The van der Waals surface area contributed by atoms with Gasteiger partial charge in [0.25, 0.3) is 5.91 Å². The predicted molar refractivity (Wildman–Crippen MR) is 104 cm³/mol. The van der Waals surface area contributed by atoms with Gasteiger partial charge in [-0.2, -0.15) is 0 Å². The third kappa shape index (κ3) is 4.85. The molecule has 1 unspecified atom stereocenters. The normalized spacial score (nSPS) is 16.3. The van der Waals surface area contributed by atoms with E-state index in [1.165, 1.54) is 5.56 Å². The van der Waals surface area contributed by atoms with Crippen LogP contribution in [-0.4, -0.2) is 36.5 Å². The highest BCUT2D eigenvalue weighted by Gasteiger charge is 2.25. The molecule has 2 aromatic carbocycles. The van der Waals surface area contributed by atoms with Crippen molar-refractivity contribution in [3.05, 3.63) is 65.7 Å². The van der Waals surface area contributed by atoms with Crippen molar-refractivity contribution in [3.63, 3.8) is 0 Å². The summed E-state index contributed by atoms with van der Waals surface area (Å²) in [4.78, 5) is 14.4. The summed E-state index contributed by atoms with van der Waals surface area (Å²) in [6.45, 7) is 3.70.